The summed E-state index contributed by atoms with van der Waals surface area (Å²) in [6.07, 6.45) is 0.516. The molecule has 0 radical (unpaired) electrons. The Labute approximate surface area is 114 Å². The minimum Gasteiger partial charge on any atom is -0.330 e. The van der Waals surface area contributed by atoms with Gasteiger partial charge in [0.2, 0.25) is 0 Å². The van der Waals surface area contributed by atoms with Gasteiger partial charge in [0.25, 0.3) is 5.56 Å². The molecule has 2 heterocycles. The molecule has 3 rings (SSSR count). The van der Waals surface area contributed by atoms with E-state index in [-0.39, 0.29) is 11.1 Å². The number of hydrogen-bond acceptors (Lipinski definition) is 5. The molecule has 102 valence electrons. The number of aromatic amines is 1. The van der Waals surface area contributed by atoms with Crippen molar-refractivity contribution in [1.82, 2.24) is 25.0 Å². The zero-order valence-corrected chi connectivity index (χ0v) is 10.8. The van der Waals surface area contributed by atoms with Gasteiger partial charge in [0.1, 0.15) is 5.82 Å². The summed E-state index contributed by atoms with van der Waals surface area (Å²) in [5, 5.41) is 7.90. The molecular formula is C13H14N6O. The molecule has 1 aromatic carbocycles. The molecule has 0 saturated heterocycles. The third-order valence-corrected chi connectivity index (χ3v) is 2.98. The van der Waals surface area contributed by atoms with Crippen LogP contribution >= 0.6 is 0 Å². The lowest BCUT2D eigenvalue weighted by molar-refractivity contribution is 0.662. The van der Waals surface area contributed by atoms with Crippen molar-refractivity contribution >= 4 is 11.2 Å². The minimum atomic E-state index is -0.280. The van der Waals surface area contributed by atoms with Gasteiger partial charge < -0.3 is 10.7 Å². The Balaban J connectivity index is 2.05. The maximum absolute atomic E-state index is 11.9. The standard InChI is InChI=1S/C13H14N6O/c14-7-6-10-15-12-11(13(20)16-10)17-18-19(12)8-9-4-2-1-3-5-9/h1-5H,6-8,14H2,(H,15,16,20). The number of rotatable bonds is 4. The molecule has 7 heteroatoms. The Morgan fingerprint density at radius 1 is 1.25 bits per heavy atom. The molecule has 7 nitrogen and oxygen atoms in total. The van der Waals surface area contributed by atoms with Crippen molar-refractivity contribution in [3.05, 3.63) is 52.1 Å². The Bertz CT molecular complexity index is 776. The van der Waals surface area contributed by atoms with E-state index < -0.39 is 0 Å². The SMILES string of the molecule is NCCc1nc2c(nnn2Cc2ccccc2)c(=O)[nH]1. The third kappa shape index (κ3) is 2.30. The molecule has 3 N–H and O–H groups in total. The molecule has 2 aromatic heterocycles. The van der Waals surface area contributed by atoms with Crippen LogP contribution in [0, 0.1) is 0 Å². The first-order valence-electron chi connectivity index (χ1n) is 6.34. The van der Waals surface area contributed by atoms with Crippen molar-refractivity contribution in [1.29, 1.82) is 0 Å². The topological polar surface area (TPSA) is 102 Å². The van der Waals surface area contributed by atoms with E-state index in [2.05, 4.69) is 20.3 Å². The van der Waals surface area contributed by atoms with Gasteiger partial charge in [0.05, 0.1) is 6.54 Å². The van der Waals surface area contributed by atoms with Crippen molar-refractivity contribution in [2.24, 2.45) is 5.73 Å². The summed E-state index contributed by atoms with van der Waals surface area (Å²) >= 11 is 0. The van der Waals surface area contributed by atoms with Crippen molar-refractivity contribution in [3.8, 4) is 0 Å². The summed E-state index contributed by atoms with van der Waals surface area (Å²) < 4.78 is 1.62. The van der Waals surface area contributed by atoms with Crippen LogP contribution in [0.5, 0.6) is 0 Å². The quantitative estimate of drug-likeness (QED) is 0.698. The lowest BCUT2D eigenvalue weighted by atomic mass is 10.2. The maximum Gasteiger partial charge on any atom is 0.281 e. The van der Waals surface area contributed by atoms with Gasteiger partial charge in [-0.1, -0.05) is 35.5 Å². The van der Waals surface area contributed by atoms with E-state index in [9.17, 15) is 4.79 Å². The molecule has 0 spiro atoms. The number of fused-ring (bicyclic) bond motifs is 1. The maximum atomic E-state index is 11.9. The van der Waals surface area contributed by atoms with Crippen LogP contribution in [0.25, 0.3) is 11.2 Å². The summed E-state index contributed by atoms with van der Waals surface area (Å²) in [6, 6.07) is 9.83. The second-order valence-corrected chi connectivity index (χ2v) is 4.46. The predicted octanol–water partition coefficient (Wildman–Crippen LogP) is 0.0641. The predicted molar refractivity (Wildman–Crippen MR) is 74.2 cm³/mol. The van der Waals surface area contributed by atoms with Crippen molar-refractivity contribution < 1.29 is 0 Å². The fourth-order valence-corrected chi connectivity index (χ4v) is 2.03. The van der Waals surface area contributed by atoms with Gasteiger partial charge in [-0.3, -0.25) is 4.79 Å². The Morgan fingerprint density at radius 3 is 2.80 bits per heavy atom. The van der Waals surface area contributed by atoms with Crippen LogP contribution in [0.4, 0.5) is 0 Å². The molecule has 0 saturated carbocycles. The number of nitrogens with two attached hydrogens (primary N) is 1. The number of hydrogen-bond donors (Lipinski definition) is 2. The average Bonchev–Trinajstić information content (AvgIpc) is 2.84. The molecule has 0 atom stereocenters. The monoisotopic (exact) mass is 270 g/mol. The molecule has 0 amide bonds. The Hall–Kier alpha value is -2.54. The second-order valence-electron chi connectivity index (χ2n) is 4.46. The Kier molecular flexibility index (Phi) is 3.26. The smallest absolute Gasteiger partial charge is 0.281 e. The molecule has 0 fully saturated rings. The Morgan fingerprint density at radius 2 is 2.05 bits per heavy atom. The van der Waals surface area contributed by atoms with E-state index in [1.165, 1.54) is 0 Å². The molecule has 0 aliphatic carbocycles. The molecular weight excluding hydrogens is 256 g/mol. The van der Waals surface area contributed by atoms with Crippen LogP contribution in [0.2, 0.25) is 0 Å². The van der Waals surface area contributed by atoms with E-state index in [0.29, 0.717) is 31.0 Å². The van der Waals surface area contributed by atoms with E-state index in [0.717, 1.165) is 5.56 Å². The van der Waals surface area contributed by atoms with Crippen LogP contribution in [0.3, 0.4) is 0 Å². The summed E-state index contributed by atoms with van der Waals surface area (Å²) in [5.74, 6) is 0.557. The third-order valence-electron chi connectivity index (χ3n) is 2.98. The summed E-state index contributed by atoms with van der Waals surface area (Å²) in [4.78, 5) is 18.9. The first kappa shape index (κ1) is 12.5. The number of nitrogens with zero attached hydrogens (tertiary/aromatic N) is 4. The molecule has 0 bridgehead atoms. The lowest BCUT2D eigenvalue weighted by Crippen LogP contribution is -2.16. The molecule has 0 aliphatic heterocycles. The van der Waals surface area contributed by atoms with E-state index >= 15 is 0 Å². The molecule has 3 aromatic rings. The number of aromatic nitrogens is 5. The highest BCUT2D eigenvalue weighted by molar-refractivity contribution is 5.68. The van der Waals surface area contributed by atoms with Gasteiger partial charge in [-0.05, 0) is 12.1 Å². The van der Waals surface area contributed by atoms with Gasteiger partial charge in [-0.2, -0.15) is 0 Å². The molecule has 0 unspecified atom stereocenters. The normalized spacial score (nSPS) is 11.1. The van der Waals surface area contributed by atoms with Crippen LogP contribution in [0.15, 0.2) is 35.1 Å². The fourth-order valence-electron chi connectivity index (χ4n) is 2.03. The zero-order valence-electron chi connectivity index (χ0n) is 10.8. The summed E-state index contributed by atoms with van der Waals surface area (Å²) in [7, 11) is 0. The summed E-state index contributed by atoms with van der Waals surface area (Å²) in [6.45, 7) is 0.949. The fraction of sp³-hybridized carbons (Fsp3) is 0.231. The van der Waals surface area contributed by atoms with Gasteiger partial charge >= 0.3 is 0 Å². The van der Waals surface area contributed by atoms with Crippen LogP contribution < -0.4 is 11.3 Å². The first-order chi connectivity index (χ1) is 9.78. The van der Waals surface area contributed by atoms with Crippen molar-refractivity contribution in [3.63, 3.8) is 0 Å². The second kappa shape index (κ2) is 5.22. The van der Waals surface area contributed by atoms with Crippen molar-refractivity contribution in [2.75, 3.05) is 6.54 Å². The van der Waals surface area contributed by atoms with Crippen LogP contribution in [-0.2, 0) is 13.0 Å². The van der Waals surface area contributed by atoms with Gasteiger partial charge in [0, 0.05) is 6.42 Å². The summed E-state index contributed by atoms with van der Waals surface area (Å²) in [5.41, 5.74) is 7.02. The van der Waals surface area contributed by atoms with E-state index in [1.807, 2.05) is 30.3 Å². The van der Waals surface area contributed by atoms with Crippen molar-refractivity contribution in [2.45, 2.75) is 13.0 Å². The molecule has 0 aliphatic rings. The average molecular weight is 270 g/mol. The van der Waals surface area contributed by atoms with E-state index in [4.69, 9.17) is 5.73 Å². The van der Waals surface area contributed by atoms with E-state index in [1.54, 1.807) is 4.68 Å². The van der Waals surface area contributed by atoms with Crippen LogP contribution in [0.1, 0.15) is 11.4 Å². The highest BCUT2D eigenvalue weighted by Gasteiger charge is 2.11. The first-order valence-corrected chi connectivity index (χ1v) is 6.34. The molecule has 20 heavy (non-hydrogen) atoms. The van der Waals surface area contributed by atoms with Gasteiger partial charge in [-0.25, -0.2) is 9.67 Å². The van der Waals surface area contributed by atoms with Gasteiger partial charge in [-0.15, -0.1) is 5.10 Å². The highest BCUT2D eigenvalue weighted by Crippen LogP contribution is 2.07. The number of nitrogens with one attached hydrogen (secondary N) is 1. The van der Waals surface area contributed by atoms with Crippen LogP contribution in [-0.4, -0.2) is 31.5 Å². The number of benzene rings is 1. The minimum absolute atomic E-state index is 0.252. The number of H-pyrrole nitrogens is 1. The van der Waals surface area contributed by atoms with Gasteiger partial charge in [0.15, 0.2) is 11.2 Å². The zero-order chi connectivity index (χ0) is 13.9. The lowest BCUT2D eigenvalue weighted by Gasteiger charge is -2.03. The highest BCUT2D eigenvalue weighted by atomic mass is 16.1. The largest absolute Gasteiger partial charge is 0.330 e.